The van der Waals surface area contributed by atoms with E-state index in [2.05, 4.69) is 15.4 Å². The van der Waals surface area contributed by atoms with Gasteiger partial charge in [-0.05, 0) is 20.0 Å². The Bertz CT molecular complexity index is 541. The van der Waals surface area contributed by atoms with E-state index < -0.39 is 0 Å². The van der Waals surface area contributed by atoms with Gasteiger partial charge in [0.05, 0.1) is 29.2 Å². The van der Waals surface area contributed by atoms with Crippen LogP contribution in [0.15, 0.2) is 24.7 Å². The molecule has 4 nitrogen and oxygen atoms in total. The van der Waals surface area contributed by atoms with Crippen molar-refractivity contribution in [3.63, 3.8) is 0 Å². The number of hydrogen-bond acceptors (Lipinski definition) is 3. The Morgan fingerprint density at radius 1 is 1.50 bits per heavy atom. The van der Waals surface area contributed by atoms with Gasteiger partial charge in [0.1, 0.15) is 5.82 Å². The smallest absolute Gasteiger partial charge is 0.146 e. The largest absolute Gasteiger partial charge is 0.308 e. The number of hydrogen-bond donors (Lipinski definition) is 1. The third kappa shape index (κ3) is 2.23. The summed E-state index contributed by atoms with van der Waals surface area (Å²) in [6.45, 7) is 2.63. The SMILES string of the molecule is CCn1ncc(Cl)c1C(NC)c1ccncc1F. The summed E-state index contributed by atoms with van der Waals surface area (Å²) in [6, 6.07) is 1.29. The highest BCUT2D eigenvalue weighted by atomic mass is 35.5. The lowest BCUT2D eigenvalue weighted by Crippen LogP contribution is -2.23. The molecule has 2 aromatic heterocycles. The molecule has 0 aliphatic heterocycles. The van der Waals surface area contributed by atoms with Gasteiger partial charge in [-0.3, -0.25) is 9.67 Å². The van der Waals surface area contributed by atoms with Crippen molar-refractivity contribution in [1.82, 2.24) is 20.1 Å². The molecule has 0 saturated heterocycles. The number of nitrogens with one attached hydrogen (secondary N) is 1. The van der Waals surface area contributed by atoms with E-state index in [1.807, 2.05) is 6.92 Å². The van der Waals surface area contributed by atoms with Gasteiger partial charge in [0.25, 0.3) is 0 Å². The van der Waals surface area contributed by atoms with Crippen molar-refractivity contribution in [3.8, 4) is 0 Å². The average molecular weight is 269 g/mol. The molecule has 0 aliphatic rings. The second kappa shape index (κ2) is 5.46. The molecular formula is C12H14ClFN4. The molecule has 0 aliphatic carbocycles. The molecule has 96 valence electrons. The molecule has 0 bridgehead atoms. The van der Waals surface area contributed by atoms with Crippen molar-refractivity contribution in [3.05, 3.63) is 46.8 Å². The maximum Gasteiger partial charge on any atom is 0.146 e. The Labute approximate surface area is 110 Å². The molecule has 2 heterocycles. The Morgan fingerprint density at radius 3 is 2.89 bits per heavy atom. The van der Waals surface area contributed by atoms with Gasteiger partial charge >= 0.3 is 0 Å². The average Bonchev–Trinajstić information content (AvgIpc) is 2.74. The first-order valence-corrected chi connectivity index (χ1v) is 6.04. The lowest BCUT2D eigenvalue weighted by atomic mass is 10.0. The van der Waals surface area contributed by atoms with Gasteiger partial charge < -0.3 is 5.32 Å². The fourth-order valence-electron chi connectivity index (χ4n) is 1.97. The Balaban J connectivity index is 2.52. The van der Waals surface area contributed by atoms with E-state index in [1.165, 1.54) is 6.20 Å². The number of aryl methyl sites for hydroxylation is 1. The van der Waals surface area contributed by atoms with Crippen molar-refractivity contribution in [1.29, 1.82) is 0 Å². The monoisotopic (exact) mass is 268 g/mol. The van der Waals surface area contributed by atoms with Gasteiger partial charge in [-0.25, -0.2) is 4.39 Å². The van der Waals surface area contributed by atoms with Crippen molar-refractivity contribution in [2.75, 3.05) is 7.05 Å². The molecule has 0 saturated carbocycles. The highest BCUT2D eigenvalue weighted by Gasteiger charge is 2.22. The predicted octanol–water partition coefficient (Wildman–Crippen LogP) is 2.40. The molecule has 0 radical (unpaired) electrons. The minimum absolute atomic E-state index is 0.344. The highest BCUT2D eigenvalue weighted by molar-refractivity contribution is 6.31. The Morgan fingerprint density at radius 2 is 2.28 bits per heavy atom. The third-order valence-electron chi connectivity index (χ3n) is 2.81. The molecule has 6 heteroatoms. The van der Waals surface area contributed by atoms with Crippen molar-refractivity contribution in [2.45, 2.75) is 19.5 Å². The summed E-state index contributed by atoms with van der Waals surface area (Å²) < 4.78 is 15.6. The van der Waals surface area contributed by atoms with Crippen molar-refractivity contribution >= 4 is 11.6 Å². The van der Waals surface area contributed by atoms with Gasteiger partial charge in [-0.2, -0.15) is 5.10 Å². The lowest BCUT2D eigenvalue weighted by Gasteiger charge is -2.19. The summed E-state index contributed by atoms with van der Waals surface area (Å²) in [4.78, 5) is 3.75. The Kier molecular flexibility index (Phi) is 3.93. The quantitative estimate of drug-likeness (QED) is 0.926. The molecular weight excluding hydrogens is 255 g/mol. The fourth-order valence-corrected chi connectivity index (χ4v) is 2.22. The number of pyridine rings is 1. The standard InChI is InChI=1S/C12H14ClFN4/c1-3-18-12(9(13)6-17-18)11(15-2)8-4-5-16-7-10(8)14/h4-7,11,15H,3H2,1-2H3. The zero-order valence-corrected chi connectivity index (χ0v) is 10.9. The molecule has 0 amide bonds. The molecule has 0 aromatic carbocycles. The lowest BCUT2D eigenvalue weighted by molar-refractivity contribution is 0.530. The van der Waals surface area contributed by atoms with E-state index in [-0.39, 0.29) is 11.9 Å². The van der Waals surface area contributed by atoms with Crippen LogP contribution in [0, 0.1) is 5.82 Å². The number of nitrogens with zero attached hydrogens (tertiary/aromatic N) is 3. The normalized spacial score (nSPS) is 12.7. The van der Waals surface area contributed by atoms with Crippen LogP contribution in [0.5, 0.6) is 0 Å². The van der Waals surface area contributed by atoms with Gasteiger partial charge in [0, 0.05) is 18.3 Å². The number of halogens is 2. The second-order valence-corrected chi connectivity index (χ2v) is 4.22. The second-order valence-electron chi connectivity index (χ2n) is 3.81. The number of rotatable bonds is 4. The molecule has 1 N–H and O–H groups in total. The van der Waals surface area contributed by atoms with Crippen LogP contribution in [-0.2, 0) is 6.54 Å². The van der Waals surface area contributed by atoms with Crippen LogP contribution in [0.3, 0.4) is 0 Å². The molecule has 2 aromatic rings. The van der Waals surface area contributed by atoms with Crippen LogP contribution in [0.1, 0.15) is 24.2 Å². The van der Waals surface area contributed by atoms with E-state index in [1.54, 1.807) is 30.2 Å². The van der Waals surface area contributed by atoms with E-state index >= 15 is 0 Å². The first kappa shape index (κ1) is 13.0. The van der Waals surface area contributed by atoms with Gasteiger partial charge in [-0.1, -0.05) is 11.6 Å². The predicted molar refractivity (Wildman–Crippen MR) is 68.0 cm³/mol. The molecule has 1 atom stereocenters. The van der Waals surface area contributed by atoms with E-state index in [0.29, 0.717) is 17.1 Å². The van der Waals surface area contributed by atoms with Crippen LogP contribution in [0.2, 0.25) is 5.02 Å². The maximum absolute atomic E-state index is 13.8. The van der Waals surface area contributed by atoms with Crippen LogP contribution < -0.4 is 5.32 Å². The topological polar surface area (TPSA) is 42.7 Å². The molecule has 18 heavy (non-hydrogen) atoms. The highest BCUT2D eigenvalue weighted by Crippen LogP contribution is 2.29. The number of aromatic nitrogens is 3. The van der Waals surface area contributed by atoms with Gasteiger partial charge in [0.2, 0.25) is 0 Å². The Hall–Kier alpha value is -1.46. The summed E-state index contributed by atoms with van der Waals surface area (Å²) >= 11 is 6.14. The summed E-state index contributed by atoms with van der Waals surface area (Å²) in [5.41, 5.74) is 1.26. The minimum atomic E-state index is -0.364. The zero-order valence-electron chi connectivity index (χ0n) is 10.2. The van der Waals surface area contributed by atoms with E-state index in [9.17, 15) is 4.39 Å². The first-order chi connectivity index (χ1) is 8.69. The van der Waals surface area contributed by atoms with E-state index in [4.69, 9.17) is 11.6 Å². The first-order valence-electron chi connectivity index (χ1n) is 5.66. The molecule has 1 unspecified atom stereocenters. The fraction of sp³-hybridized carbons (Fsp3) is 0.333. The van der Waals surface area contributed by atoms with Crippen LogP contribution in [0.4, 0.5) is 4.39 Å². The molecule has 0 spiro atoms. The summed E-state index contributed by atoms with van der Waals surface area (Å²) in [6.07, 6.45) is 4.33. The van der Waals surface area contributed by atoms with Crippen LogP contribution in [-0.4, -0.2) is 21.8 Å². The van der Waals surface area contributed by atoms with Gasteiger partial charge in [0.15, 0.2) is 0 Å². The minimum Gasteiger partial charge on any atom is -0.308 e. The van der Waals surface area contributed by atoms with Crippen LogP contribution in [0.25, 0.3) is 0 Å². The van der Waals surface area contributed by atoms with Crippen molar-refractivity contribution < 1.29 is 4.39 Å². The maximum atomic E-state index is 13.8. The zero-order chi connectivity index (χ0) is 13.1. The summed E-state index contributed by atoms with van der Waals surface area (Å²) in [5.74, 6) is -0.364. The van der Waals surface area contributed by atoms with Crippen molar-refractivity contribution in [2.24, 2.45) is 0 Å². The van der Waals surface area contributed by atoms with Gasteiger partial charge in [-0.15, -0.1) is 0 Å². The van der Waals surface area contributed by atoms with E-state index in [0.717, 1.165) is 5.69 Å². The summed E-state index contributed by atoms with van der Waals surface area (Å²) in [5, 5.41) is 7.75. The molecule has 0 fully saturated rings. The molecule has 2 rings (SSSR count). The third-order valence-corrected chi connectivity index (χ3v) is 3.10. The summed E-state index contributed by atoms with van der Waals surface area (Å²) in [7, 11) is 1.76. The van der Waals surface area contributed by atoms with Crippen LogP contribution >= 0.6 is 11.6 Å².